The lowest BCUT2D eigenvalue weighted by Crippen LogP contribution is -1.94. The van der Waals surface area contributed by atoms with Crippen molar-refractivity contribution in [2.45, 2.75) is 0 Å². The van der Waals surface area contributed by atoms with E-state index in [1.54, 1.807) is 0 Å². The van der Waals surface area contributed by atoms with Crippen LogP contribution in [0.5, 0.6) is 0 Å². The molecule has 0 atom stereocenters. The Morgan fingerprint density at radius 3 is 1.04 bits per heavy atom. The second-order valence-electron chi connectivity index (χ2n) is 12.3. The molecule has 0 fully saturated rings. The van der Waals surface area contributed by atoms with Gasteiger partial charge in [0.25, 0.3) is 0 Å². The van der Waals surface area contributed by atoms with Gasteiger partial charge < -0.3 is 15.0 Å². The molecule has 6 aromatic heterocycles. The van der Waals surface area contributed by atoms with Crippen molar-refractivity contribution in [3.8, 4) is 67.9 Å². The summed E-state index contributed by atoms with van der Waals surface area (Å²) in [5, 5.41) is 0. The number of aromatic amines is 3. The van der Waals surface area contributed by atoms with Crippen LogP contribution in [0.15, 0.2) is 146 Å². The smallest absolute Gasteiger partial charge is 0.178 e. The van der Waals surface area contributed by atoms with Crippen LogP contribution in [0.1, 0.15) is 0 Å². The van der Waals surface area contributed by atoms with E-state index in [4.69, 9.17) is 29.9 Å². The summed E-state index contributed by atoms with van der Waals surface area (Å²) >= 11 is 0. The van der Waals surface area contributed by atoms with Gasteiger partial charge in [-0.05, 0) is 36.4 Å². The normalized spacial score (nSPS) is 11.5. The Morgan fingerprint density at radius 2 is 0.647 bits per heavy atom. The van der Waals surface area contributed by atoms with Crippen molar-refractivity contribution in [2.24, 2.45) is 0 Å². The molecule has 0 saturated carbocycles. The fourth-order valence-electron chi connectivity index (χ4n) is 6.56. The molecule has 0 aliphatic carbocycles. The van der Waals surface area contributed by atoms with Crippen molar-refractivity contribution in [1.29, 1.82) is 0 Å². The highest BCUT2D eigenvalue weighted by Crippen LogP contribution is 2.39. The first kappa shape index (κ1) is 28.7. The van der Waals surface area contributed by atoms with Crippen molar-refractivity contribution in [3.63, 3.8) is 0 Å². The molecule has 51 heavy (non-hydrogen) atoms. The van der Waals surface area contributed by atoms with Crippen LogP contribution in [0, 0.1) is 0 Å². The number of pyridine rings is 3. The second kappa shape index (κ2) is 11.7. The van der Waals surface area contributed by atoms with E-state index in [2.05, 4.69) is 15.0 Å². The van der Waals surface area contributed by atoms with E-state index in [0.29, 0.717) is 34.4 Å². The summed E-state index contributed by atoms with van der Waals surface area (Å²) < 4.78 is 0. The first-order chi connectivity index (χ1) is 25.2. The number of hydrogen-bond acceptors (Lipinski definition) is 6. The van der Waals surface area contributed by atoms with Crippen LogP contribution < -0.4 is 0 Å². The average molecular weight is 658 g/mol. The highest BCUT2D eigenvalue weighted by Gasteiger charge is 2.22. The molecule has 3 N–H and O–H groups in total. The Hall–Kier alpha value is -7.26. The number of nitrogens with zero attached hydrogens (tertiary/aromatic N) is 6. The topological polar surface area (TPSA) is 125 Å². The zero-order chi connectivity index (χ0) is 33.7. The van der Waals surface area contributed by atoms with Crippen LogP contribution in [0.25, 0.3) is 101 Å². The third-order valence-electron chi connectivity index (χ3n) is 9.06. The van der Waals surface area contributed by atoms with Gasteiger partial charge in [0.05, 0.1) is 33.6 Å². The number of nitrogens with one attached hydrogen (secondary N) is 3. The van der Waals surface area contributed by atoms with Crippen LogP contribution in [0.4, 0.5) is 0 Å². The summed E-state index contributed by atoms with van der Waals surface area (Å²) in [5.41, 5.74) is 12.5. The van der Waals surface area contributed by atoms with Crippen LogP contribution in [-0.2, 0) is 0 Å². The van der Waals surface area contributed by atoms with Crippen LogP contribution in [0.2, 0.25) is 0 Å². The molecule has 10 aromatic rings. The molecule has 0 aliphatic rings. The van der Waals surface area contributed by atoms with E-state index in [0.717, 1.165) is 67.0 Å². The lowest BCUT2D eigenvalue weighted by Gasteiger charge is -2.10. The van der Waals surface area contributed by atoms with E-state index >= 15 is 0 Å². The SMILES string of the molecule is c1ccc(-c2ccc3[nH]c(-c4cccc(-c5nc6nc(-c7ccccc7)ccc6[nH]5)c4-c4nc5nc(-c6ccccc6)ccc5[nH]4)nc3n2)cc1. The number of aromatic nitrogens is 9. The van der Waals surface area contributed by atoms with E-state index < -0.39 is 0 Å². The van der Waals surface area contributed by atoms with Crippen LogP contribution in [0.3, 0.4) is 0 Å². The highest BCUT2D eigenvalue weighted by atomic mass is 15.0. The maximum absolute atomic E-state index is 5.08. The molecular weight excluding hydrogens is 631 g/mol. The monoisotopic (exact) mass is 657 g/mol. The molecule has 0 radical (unpaired) electrons. The Balaban J connectivity index is 1.15. The molecule has 240 valence electrons. The lowest BCUT2D eigenvalue weighted by atomic mass is 9.99. The first-order valence-corrected chi connectivity index (χ1v) is 16.6. The number of benzene rings is 4. The van der Waals surface area contributed by atoms with Gasteiger partial charge in [0.1, 0.15) is 17.5 Å². The first-order valence-electron chi connectivity index (χ1n) is 16.6. The number of rotatable bonds is 6. The summed E-state index contributed by atoms with van der Waals surface area (Å²) in [6.07, 6.45) is 0. The Kier molecular flexibility index (Phi) is 6.60. The molecule has 0 aliphatic heterocycles. The van der Waals surface area contributed by atoms with Crippen molar-refractivity contribution in [1.82, 2.24) is 44.9 Å². The van der Waals surface area contributed by atoms with E-state index in [1.807, 2.05) is 146 Å². The Morgan fingerprint density at radius 1 is 0.294 bits per heavy atom. The zero-order valence-electron chi connectivity index (χ0n) is 27.0. The molecule has 9 heteroatoms. The maximum Gasteiger partial charge on any atom is 0.178 e. The molecule has 0 bridgehead atoms. The summed E-state index contributed by atoms with van der Waals surface area (Å²) in [6.45, 7) is 0. The van der Waals surface area contributed by atoms with Gasteiger partial charge in [0.15, 0.2) is 16.9 Å². The van der Waals surface area contributed by atoms with Crippen LogP contribution in [-0.4, -0.2) is 44.9 Å². The van der Waals surface area contributed by atoms with Crippen molar-refractivity contribution < 1.29 is 0 Å². The summed E-state index contributed by atoms with van der Waals surface area (Å²) in [6, 6.07) is 48.5. The predicted molar refractivity (Wildman–Crippen MR) is 201 cm³/mol. The quantitative estimate of drug-likeness (QED) is 0.164. The number of fused-ring (bicyclic) bond motifs is 3. The molecule has 6 heterocycles. The molecule has 0 saturated heterocycles. The predicted octanol–water partition coefficient (Wildman–Crippen LogP) is 9.50. The van der Waals surface area contributed by atoms with E-state index in [-0.39, 0.29) is 0 Å². The fraction of sp³-hybridized carbons (Fsp3) is 0. The van der Waals surface area contributed by atoms with Gasteiger partial charge in [0.2, 0.25) is 0 Å². The van der Waals surface area contributed by atoms with Gasteiger partial charge in [-0.25, -0.2) is 29.9 Å². The minimum atomic E-state index is 0.615. The summed E-state index contributed by atoms with van der Waals surface area (Å²) in [5.74, 6) is 1.97. The third kappa shape index (κ3) is 5.12. The van der Waals surface area contributed by atoms with Crippen LogP contribution >= 0.6 is 0 Å². The van der Waals surface area contributed by atoms with E-state index in [1.165, 1.54) is 0 Å². The minimum Gasteiger partial charge on any atom is -0.337 e. The molecule has 9 nitrogen and oxygen atoms in total. The number of imidazole rings is 3. The minimum absolute atomic E-state index is 0.615. The Labute approximate surface area is 291 Å². The molecule has 0 spiro atoms. The zero-order valence-corrected chi connectivity index (χ0v) is 27.0. The fourth-order valence-corrected chi connectivity index (χ4v) is 6.56. The van der Waals surface area contributed by atoms with Gasteiger partial charge >= 0.3 is 0 Å². The molecular formula is C42H27N9. The Bertz CT molecular complexity index is 2720. The van der Waals surface area contributed by atoms with Crippen molar-refractivity contribution in [3.05, 3.63) is 146 Å². The third-order valence-corrected chi connectivity index (χ3v) is 9.06. The molecule has 0 unspecified atom stereocenters. The van der Waals surface area contributed by atoms with Crippen molar-refractivity contribution >= 4 is 33.5 Å². The standard InChI is InChI=1S/C42H27N9/c1-4-11-25(12-5-1)30-19-22-33-39(43-30)49-37(46-33)28-17-10-18-29(38-47-34-23-20-31(44-40(34)50-38)26-13-6-2-7-14-26)36(28)42-48-35-24-21-32(45-41(35)51-42)27-15-8-3-9-16-27/h1-24H,(H,43,46,49)(H,44,47,50)(H,45,48,51). The molecule has 0 amide bonds. The summed E-state index contributed by atoms with van der Waals surface area (Å²) in [7, 11) is 0. The highest BCUT2D eigenvalue weighted by molar-refractivity contribution is 5.94. The number of H-pyrrole nitrogens is 3. The van der Waals surface area contributed by atoms with Gasteiger partial charge in [-0.15, -0.1) is 0 Å². The van der Waals surface area contributed by atoms with Crippen molar-refractivity contribution in [2.75, 3.05) is 0 Å². The lowest BCUT2D eigenvalue weighted by molar-refractivity contribution is 1.26. The second-order valence-corrected chi connectivity index (χ2v) is 12.3. The largest absolute Gasteiger partial charge is 0.337 e. The van der Waals surface area contributed by atoms with Gasteiger partial charge in [-0.1, -0.05) is 109 Å². The van der Waals surface area contributed by atoms with E-state index in [9.17, 15) is 0 Å². The van der Waals surface area contributed by atoms with Gasteiger partial charge in [0, 0.05) is 33.4 Å². The maximum atomic E-state index is 5.08. The molecule has 4 aromatic carbocycles. The summed E-state index contributed by atoms with van der Waals surface area (Å²) in [4.78, 5) is 40.5. The average Bonchev–Trinajstić information content (AvgIpc) is 3.94. The molecule has 10 rings (SSSR count). The van der Waals surface area contributed by atoms with Gasteiger partial charge in [-0.2, -0.15) is 0 Å². The van der Waals surface area contributed by atoms with Gasteiger partial charge in [-0.3, -0.25) is 0 Å². The number of hydrogen-bond donors (Lipinski definition) is 3.